The van der Waals surface area contributed by atoms with Crippen molar-refractivity contribution in [3.05, 3.63) is 60.4 Å². The summed E-state index contributed by atoms with van der Waals surface area (Å²) in [5.41, 5.74) is 6.21. The minimum atomic E-state index is -0.448. The number of phenolic OH excluding ortho intramolecular Hbond substituents is 1. The van der Waals surface area contributed by atoms with Crippen molar-refractivity contribution in [2.45, 2.75) is 0 Å². The van der Waals surface area contributed by atoms with E-state index in [1.807, 2.05) is 24.3 Å². The average molecular weight is 280 g/mol. The highest BCUT2D eigenvalue weighted by atomic mass is 16.3. The number of hydrogen-bond donors (Lipinski definition) is 3. The van der Waals surface area contributed by atoms with E-state index in [0.717, 1.165) is 10.9 Å². The van der Waals surface area contributed by atoms with Gasteiger partial charge in [0.15, 0.2) is 5.82 Å². The SMILES string of the molecule is O=C(NNc1ncnc2ccccc12)c1ccccc1O. The molecular formula is C15H12N4O2. The van der Waals surface area contributed by atoms with Gasteiger partial charge in [-0.1, -0.05) is 24.3 Å². The van der Waals surface area contributed by atoms with Gasteiger partial charge in [0.2, 0.25) is 0 Å². The third-order valence-corrected chi connectivity index (χ3v) is 2.99. The molecule has 6 nitrogen and oxygen atoms in total. The van der Waals surface area contributed by atoms with Crippen LogP contribution in [-0.4, -0.2) is 21.0 Å². The lowest BCUT2D eigenvalue weighted by Gasteiger charge is -2.10. The molecule has 0 unspecified atom stereocenters. The molecule has 1 aromatic heterocycles. The highest BCUT2D eigenvalue weighted by Gasteiger charge is 2.10. The second-order valence-electron chi connectivity index (χ2n) is 4.34. The average Bonchev–Trinajstić information content (AvgIpc) is 2.53. The summed E-state index contributed by atoms with van der Waals surface area (Å²) in [7, 11) is 0. The Morgan fingerprint density at radius 1 is 1.00 bits per heavy atom. The summed E-state index contributed by atoms with van der Waals surface area (Å²) in [4.78, 5) is 20.2. The maximum absolute atomic E-state index is 12.0. The molecule has 1 amide bonds. The van der Waals surface area contributed by atoms with Crippen LogP contribution >= 0.6 is 0 Å². The van der Waals surface area contributed by atoms with Crippen LogP contribution in [0.3, 0.4) is 0 Å². The van der Waals surface area contributed by atoms with E-state index >= 15 is 0 Å². The van der Waals surface area contributed by atoms with Crippen LogP contribution < -0.4 is 10.9 Å². The van der Waals surface area contributed by atoms with Crippen molar-refractivity contribution in [2.75, 3.05) is 5.43 Å². The van der Waals surface area contributed by atoms with E-state index in [0.29, 0.717) is 5.82 Å². The molecule has 0 radical (unpaired) electrons. The van der Waals surface area contributed by atoms with Crippen molar-refractivity contribution in [3.63, 3.8) is 0 Å². The van der Waals surface area contributed by atoms with E-state index in [9.17, 15) is 9.90 Å². The van der Waals surface area contributed by atoms with Crippen LogP contribution in [0, 0.1) is 0 Å². The smallest absolute Gasteiger partial charge is 0.273 e. The molecule has 21 heavy (non-hydrogen) atoms. The van der Waals surface area contributed by atoms with E-state index in [-0.39, 0.29) is 11.3 Å². The molecule has 0 atom stereocenters. The van der Waals surface area contributed by atoms with Crippen molar-refractivity contribution in [1.29, 1.82) is 0 Å². The Balaban J connectivity index is 1.81. The van der Waals surface area contributed by atoms with E-state index in [1.54, 1.807) is 12.1 Å². The third-order valence-electron chi connectivity index (χ3n) is 2.99. The number of rotatable bonds is 3. The number of fused-ring (bicyclic) bond motifs is 1. The highest BCUT2D eigenvalue weighted by molar-refractivity contribution is 5.98. The number of carbonyl (C=O) groups excluding carboxylic acids is 1. The molecule has 0 fully saturated rings. The van der Waals surface area contributed by atoms with Gasteiger partial charge in [0.25, 0.3) is 5.91 Å². The molecule has 0 bridgehead atoms. The number of aromatic nitrogens is 2. The lowest BCUT2D eigenvalue weighted by molar-refractivity contribution is 0.0960. The fourth-order valence-electron chi connectivity index (χ4n) is 1.95. The molecule has 3 N–H and O–H groups in total. The van der Waals surface area contributed by atoms with Crippen molar-refractivity contribution >= 4 is 22.6 Å². The zero-order valence-corrected chi connectivity index (χ0v) is 10.9. The molecule has 3 aromatic rings. The minimum Gasteiger partial charge on any atom is -0.507 e. The van der Waals surface area contributed by atoms with Crippen LogP contribution in [0.5, 0.6) is 5.75 Å². The van der Waals surface area contributed by atoms with Crippen molar-refractivity contribution < 1.29 is 9.90 Å². The molecule has 0 aliphatic heterocycles. The van der Waals surface area contributed by atoms with Gasteiger partial charge in [0.05, 0.1) is 11.1 Å². The van der Waals surface area contributed by atoms with Crippen LogP contribution in [0.2, 0.25) is 0 Å². The summed E-state index contributed by atoms with van der Waals surface area (Å²) >= 11 is 0. The van der Waals surface area contributed by atoms with Gasteiger partial charge in [-0.3, -0.25) is 15.6 Å². The molecular weight excluding hydrogens is 268 g/mol. The second kappa shape index (κ2) is 5.46. The number of carbonyl (C=O) groups is 1. The van der Waals surface area contributed by atoms with Gasteiger partial charge in [0, 0.05) is 5.39 Å². The number of para-hydroxylation sites is 2. The van der Waals surface area contributed by atoms with Crippen molar-refractivity contribution in [2.24, 2.45) is 0 Å². The number of anilines is 1. The number of aromatic hydroxyl groups is 1. The molecule has 0 aliphatic carbocycles. The van der Waals surface area contributed by atoms with Crippen molar-refractivity contribution in [1.82, 2.24) is 15.4 Å². The monoisotopic (exact) mass is 280 g/mol. The summed E-state index contributed by atoms with van der Waals surface area (Å²) < 4.78 is 0. The lowest BCUT2D eigenvalue weighted by atomic mass is 10.2. The number of amides is 1. The maximum atomic E-state index is 12.0. The predicted molar refractivity (Wildman–Crippen MR) is 78.7 cm³/mol. The summed E-state index contributed by atoms with van der Waals surface area (Å²) in [5, 5.41) is 10.4. The van der Waals surface area contributed by atoms with E-state index < -0.39 is 5.91 Å². The highest BCUT2D eigenvalue weighted by Crippen LogP contribution is 2.18. The lowest BCUT2D eigenvalue weighted by Crippen LogP contribution is -2.30. The number of hydrogen-bond acceptors (Lipinski definition) is 5. The Morgan fingerprint density at radius 3 is 2.62 bits per heavy atom. The maximum Gasteiger partial charge on any atom is 0.273 e. The molecule has 6 heteroatoms. The van der Waals surface area contributed by atoms with E-state index in [1.165, 1.54) is 18.5 Å². The number of nitrogens with zero attached hydrogens (tertiary/aromatic N) is 2. The van der Waals surface area contributed by atoms with Gasteiger partial charge in [0.1, 0.15) is 12.1 Å². The number of phenols is 1. The van der Waals surface area contributed by atoms with Crippen LogP contribution in [0.25, 0.3) is 10.9 Å². The third kappa shape index (κ3) is 2.59. The quantitative estimate of drug-likeness (QED) is 0.639. The molecule has 104 valence electrons. The zero-order valence-electron chi connectivity index (χ0n) is 10.9. The van der Waals surface area contributed by atoms with Gasteiger partial charge in [-0.05, 0) is 24.3 Å². The molecule has 0 saturated heterocycles. The molecule has 3 rings (SSSR count). The molecule has 0 aliphatic rings. The Labute approximate surface area is 120 Å². The largest absolute Gasteiger partial charge is 0.507 e. The first kappa shape index (κ1) is 12.9. The van der Waals surface area contributed by atoms with Gasteiger partial charge in [-0.15, -0.1) is 0 Å². The van der Waals surface area contributed by atoms with E-state index in [4.69, 9.17) is 0 Å². The fraction of sp³-hybridized carbons (Fsp3) is 0. The predicted octanol–water partition coefficient (Wildman–Crippen LogP) is 2.09. The first-order valence-corrected chi connectivity index (χ1v) is 6.30. The Morgan fingerprint density at radius 2 is 1.76 bits per heavy atom. The Bertz CT molecular complexity index is 799. The first-order chi connectivity index (χ1) is 10.3. The van der Waals surface area contributed by atoms with Gasteiger partial charge >= 0.3 is 0 Å². The van der Waals surface area contributed by atoms with Gasteiger partial charge in [-0.25, -0.2) is 9.97 Å². The van der Waals surface area contributed by atoms with Crippen LogP contribution in [0.15, 0.2) is 54.9 Å². The molecule has 1 heterocycles. The fourth-order valence-corrected chi connectivity index (χ4v) is 1.95. The summed E-state index contributed by atoms with van der Waals surface area (Å²) in [6.45, 7) is 0. The van der Waals surface area contributed by atoms with Crippen LogP contribution in [0.4, 0.5) is 5.82 Å². The Hall–Kier alpha value is -3.15. The molecule has 0 saturated carbocycles. The second-order valence-corrected chi connectivity index (χ2v) is 4.34. The zero-order chi connectivity index (χ0) is 14.7. The van der Waals surface area contributed by atoms with Crippen LogP contribution in [0.1, 0.15) is 10.4 Å². The first-order valence-electron chi connectivity index (χ1n) is 6.30. The van der Waals surface area contributed by atoms with Gasteiger partial charge < -0.3 is 5.11 Å². The molecule has 0 spiro atoms. The van der Waals surface area contributed by atoms with Crippen molar-refractivity contribution in [3.8, 4) is 5.75 Å². The summed E-state index contributed by atoms with van der Waals surface area (Å²) in [6, 6.07) is 13.8. The molecule has 2 aromatic carbocycles. The summed E-state index contributed by atoms with van der Waals surface area (Å²) in [6.07, 6.45) is 1.41. The number of hydrazine groups is 1. The topological polar surface area (TPSA) is 87.1 Å². The number of nitrogens with one attached hydrogen (secondary N) is 2. The normalized spacial score (nSPS) is 10.3. The van der Waals surface area contributed by atoms with Crippen LogP contribution in [-0.2, 0) is 0 Å². The van der Waals surface area contributed by atoms with E-state index in [2.05, 4.69) is 20.8 Å². The minimum absolute atomic E-state index is 0.0793. The van der Waals surface area contributed by atoms with Gasteiger partial charge in [-0.2, -0.15) is 0 Å². The number of benzene rings is 2. The summed E-state index contributed by atoms with van der Waals surface area (Å²) in [5.74, 6) is -0.0375. The standard InChI is InChI=1S/C15H12N4O2/c20-13-8-4-2-6-11(13)15(21)19-18-14-10-5-1-3-7-12(10)16-9-17-14/h1-9,20H,(H,19,21)(H,16,17,18). The Kier molecular flexibility index (Phi) is 3.34.